The lowest BCUT2D eigenvalue weighted by Crippen LogP contribution is -2.49. The number of para-hydroxylation sites is 1. The second-order valence-corrected chi connectivity index (χ2v) is 13.0. The molecule has 252 valence electrons. The molecule has 6 bridgehead atoms. The molecule has 4 aromatic rings. The van der Waals surface area contributed by atoms with Crippen LogP contribution in [0.3, 0.4) is 0 Å². The first-order valence-electron chi connectivity index (χ1n) is 16.5. The van der Waals surface area contributed by atoms with Crippen LogP contribution in [0.4, 0.5) is 10.2 Å². The van der Waals surface area contributed by atoms with Gasteiger partial charge >= 0.3 is 5.97 Å². The van der Waals surface area contributed by atoms with Crippen molar-refractivity contribution in [2.24, 2.45) is 5.92 Å². The summed E-state index contributed by atoms with van der Waals surface area (Å²) in [5.41, 5.74) is -0.0389. The number of rotatable bonds is 2. The summed E-state index contributed by atoms with van der Waals surface area (Å²) in [7, 11) is 0. The van der Waals surface area contributed by atoms with Crippen LogP contribution in [0.25, 0.3) is 22.1 Å². The molecule has 12 nitrogen and oxygen atoms in total. The van der Waals surface area contributed by atoms with Crippen molar-refractivity contribution in [3.05, 3.63) is 53.5 Å². The number of ether oxygens (including phenoxy) is 2. The van der Waals surface area contributed by atoms with Crippen LogP contribution in [0.1, 0.15) is 67.7 Å². The molecule has 4 aliphatic rings. The highest BCUT2D eigenvalue weighted by Crippen LogP contribution is 2.46. The smallest absolute Gasteiger partial charge is 0.326 e. The second kappa shape index (κ2) is 12.8. The third-order valence-electron chi connectivity index (χ3n) is 9.82. The summed E-state index contributed by atoms with van der Waals surface area (Å²) in [6.07, 6.45) is 2.74. The molecular weight excluding hydrogens is 621 g/mol. The molecule has 3 aromatic heterocycles. The van der Waals surface area contributed by atoms with E-state index in [0.717, 1.165) is 5.39 Å². The van der Waals surface area contributed by atoms with Crippen LogP contribution < -0.4 is 9.64 Å². The van der Waals surface area contributed by atoms with Crippen LogP contribution in [0.5, 0.6) is 5.88 Å². The first-order valence-corrected chi connectivity index (χ1v) is 16.5. The summed E-state index contributed by atoms with van der Waals surface area (Å²) >= 11 is 0. The van der Waals surface area contributed by atoms with Crippen LogP contribution in [-0.4, -0.2) is 87.6 Å². The minimum atomic E-state index is -1.94. The van der Waals surface area contributed by atoms with Crippen LogP contribution in [0, 0.1) is 5.92 Å². The number of Topliss-reactive ketones (excluding diaryl/α,β-unsaturated/α-hetero) is 1. The van der Waals surface area contributed by atoms with Gasteiger partial charge in [0.25, 0.3) is 0 Å². The van der Waals surface area contributed by atoms with E-state index >= 15 is 4.39 Å². The van der Waals surface area contributed by atoms with Gasteiger partial charge < -0.3 is 28.8 Å². The third kappa shape index (κ3) is 5.84. The first-order chi connectivity index (χ1) is 23.1. The molecule has 2 fully saturated rings. The predicted octanol–water partition coefficient (Wildman–Crippen LogP) is 4.86. The van der Waals surface area contributed by atoms with Crippen molar-refractivity contribution in [1.82, 2.24) is 19.9 Å². The van der Waals surface area contributed by atoms with E-state index in [9.17, 15) is 19.5 Å². The standard InChI is InChI=1S/C35H38FN5O7/c1-20-18-40-12-11-35(20,36)25-15-22(21(2)42)17-37-33(25)47-23-16-26(34(44)45)41(19-23)32-31-30(24-7-3-4-8-27(24)48-31)38-28(39-32)10-14-46-13-6-5-9-29(40)43/h3-4,7-8,15,17,20,23,26H,5-6,9-14,16,18-19H2,1-2H3,(H,44,45)/t20-,23-,26-,35+/m0/s1. The number of aromatic nitrogens is 3. The fourth-order valence-corrected chi connectivity index (χ4v) is 7.11. The number of carboxylic acids is 1. The van der Waals surface area contributed by atoms with Gasteiger partial charge in [0.15, 0.2) is 17.2 Å². The van der Waals surface area contributed by atoms with Gasteiger partial charge in [-0.15, -0.1) is 0 Å². The third-order valence-corrected chi connectivity index (χ3v) is 9.82. The Bertz CT molecular complexity index is 1900. The van der Waals surface area contributed by atoms with Gasteiger partial charge in [0, 0.05) is 68.4 Å². The molecule has 0 radical (unpaired) electrons. The number of carboxylic acid groups (broad SMARTS) is 1. The van der Waals surface area contributed by atoms with Crippen molar-refractivity contribution in [3.8, 4) is 5.88 Å². The second-order valence-electron chi connectivity index (χ2n) is 13.0. The molecule has 0 spiro atoms. The van der Waals surface area contributed by atoms with E-state index in [0.29, 0.717) is 67.2 Å². The largest absolute Gasteiger partial charge is 0.480 e. The molecule has 1 aromatic carbocycles. The van der Waals surface area contributed by atoms with E-state index in [4.69, 9.17) is 23.9 Å². The Kier molecular flexibility index (Phi) is 8.48. The fraction of sp³-hybridized carbons (Fsp3) is 0.486. The molecule has 0 saturated carbocycles. The number of hydrogen-bond donors (Lipinski definition) is 1. The molecule has 7 heterocycles. The Labute approximate surface area is 276 Å². The number of furan rings is 1. The van der Waals surface area contributed by atoms with Crippen LogP contribution in [-0.2, 0) is 26.4 Å². The van der Waals surface area contributed by atoms with Crippen molar-refractivity contribution in [2.45, 2.75) is 70.2 Å². The number of anilines is 1. The summed E-state index contributed by atoms with van der Waals surface area (Å²) in [4.78, 5) is 55.5. The normalized spacial score (nSPS) is 25.5. The van der Waals surface area contributed by atoms with Crippen molar-refractivity contribution in [3.63, 3.8) is 0 Å². The van der Waals surface area contributed by atoms with Crippen LogP contribution in [0.2, 0.25) is 0 Å². The molecule has 1 N–H and O–H groups in total. The van der Waals surface area contributed by atoms with Gasteiger partial charge in [-0.05, 0) is 38.0 Å². The number of pyridine rings is 1. The Hall–Kier alpha value is -4.65. The van der Waals surface area contributed by atoms with E-state index in [1.165, 1.54) is 19.2 Å². The number of nitrogens with zero attached hydrogens (tertiary/aromatic N) is 5. The lowest BCUT2D eigenvalue weighted by atomic mass is 9.78. The zero-order valence-corrected chi connectivity index (χ0v) is 27.0. The molecule has 48 heavy (non-hydrogen) atoms. The topological polar surface area (TPSA) is 148 Å². The number of halogens is 1. The van der Waals surface area contributed by atoms with E-state index in [-0.39, 0.29) is 61.2 Å². The zero-order valence-electron chi connectivity index (χ0n) is 27.0. The van der Waals surface area contributed by atoms with Gasteiger partial charge in [-0.3, -0.25) is 9.59 Å². The maximum Gasteiger partial charge on any atom is 0.326 e. The van der Waals surface area contributed by atoms with Crippen molar-refractivity contribution in [2.75, 3.05) is 37.7 Å². The molecular formula is C35H38FN5O7. The van der Waals surface area contributed by atoms with E-state index < -0.39 is 29.7 Å². The number of hydrogen-bond acceptors (Lipinski definition) is 10. The Morgan fingerprint density at radius 3 is 2.73 bits per heavy atom. The molecule has 4 atom stereocenters. The number of fused-ring (bicyclic) bond motifs is 12. The molecule has 0 unspecified atom stereocenters. The summed E-state index contributed by atoms with van der Waals surface area (Å²) in [5.74, 6) is -1.19. The average Bonchev–Trinajstić information content (AvgIpc) is 3.66. The van der Waals surface area contributed by atoms with Gasteiger partial charge in [-0.1, -0.05) is 19.1 Å². The fourth-order valence-electron chi connectivity index (χ4n) is 7.11. The number of benzene rings is 1. The van der Waals surface area contributed by atoms with Gasteiger partial charge in [0.1, 0.15) is 34.7 Å². The summed E-state index contributed by atoms with van der Waals surface area (Å²) < 4.78 is 35.7. The lowest BCUT2D eigenvalue weighted by molar-refractivity contribution is -0.138. The number of piperidine rings is 1. The average molecular weight is 660 g/mol. The van der Waals surface area contributed by atoms with Crippen molar-refractivity contribution < 1.29 is 37.8 Å². The van der Waals surface area contributed by atoms with Crippen LogP contribution >= 0.6 is 0 Å². The summed E-state index contributed by atoms with van der Waals surface area (Å²) in [6.45, 7) is 4.44. The number of alkyl halides is 1. The van der Waals surface area contributed by atoms with E-state index in [1.807, 2.05) is 24.3 Å². The van der Waals surface area contributed by atoms with Gasteiger partial charge in [-0.2, -0.15) is 0 Å². The van der Waals surface area contributed by atoms with E-state index in [2.05, 4.69) is 4.98 Å². The summed E-state index contributed by atoms with van der Waals surface area (Å²) in [6, 6.07) is 7.91. The molecule has 1 amide bonds. The zero-order chi connectivity index (χ0) is 33.6. The molecule has 4 aliphatic heterocycles. The maximum atomic E-state index is 17.2. The SMILES string of the molecule is CC(=O)c1cnc2c(c1)[C@@]1(F)CCN(C[C@@H]1C)C(=O)CCCCOCCc1nc(c3oc4ccccc4c3n1)N1C[C@H](C[C@H]1C(=O)O)O2. The highest BCUT2D eigenvalue weighted by atomic mass is 19.1. The Morgan fingerprint density at radius 1 is 1.10 bits per heavy atom. The lowest BCUT2D eigenvalue weighted by Gasteiger charge is -2.42. The van der Waals surface area contributed by atoms with Gasteiger partial charge in [-0.25, -0.2) is 24.1 Å². The minimum Gasteiger partial charge on any atom is -0.480 e. The van der Waals surface area contributed by atoms with E-state index in [1.54, 1.807) is 16.7 Å². The number of carbonyl (C=O) groups is 3. The van der Waals surface area contributed by atoms with Crippen molar-refractivity contribution in [1.29, 1.82) is 0 Å². The number of amides is 1. The quantitative estimate of drug-likeness (QED) is 0.294. The Balaban J connectivity index is 1.31. The highest BCUT2D eigenvalue weighted by molar-refractivity contribution is 6.06. The van der Waals surface area contributed by atoms with Crippen molar-refractivity contribution >= 4 is 45.5 Å². The predicted molar refractivity (Wildman–Crippen MR) is 173 cm³/mol. The highest BCUT2D eigenvalue weighted by Gasteiger charge is 2.47. The number of ketones is 1. The minimum absolute atomic E-state index is 0.00467. The first kappa shape index (κ1) is 31.9. The summed E-state index contributed by atoms with van der Waals surface area (Å²) in [5, 5.41) is 11.2. The van der Waals surface area contributed by atoms with Gasteiger partial charge in [0.2, 0.25) is 11.8 Å². The molecule has 8 rings (SSSR count). The molecule has 2 saturated heterocycles. The monoisotopic (exact) mass is 659 g/mol. The number of carbonyl (C=O) groups excluding carboxylic acids is 2. The maximum absolute atomic E-state index is 17.2. The number of aliphatic carboxylic acids is 1. The molecule has 13 heteroatoms. The molecule has 0 aliphatic carbocycles. The van der Waals surface area contributed by atoms with Gasteiger partial charge in [0.05, 0.1) is 18.7 Å². The van der Waals surface area contributed by atoms with Crippen LogP contribution in [0.15, 0.2) is 40.9 Å². The Morgan fingerprint density at radius 2 is 1.94 bits per heavy atom.